The lowest BCUT2D eigenvalue weighted by Gasteiger charge is -2.12. The lowest BCUT2D eigenvalue weighted by Crippen LogP contribution is -2.33. The molecular formula is C14H19N3OS. The number of hydrogen-bond donors (Lipinski definition) is 2. The number of carbonyl (C=O) groups is 1. The first-order valence-electron chi connectivity index (χ1n) is 6.12. The van der Waals surface area contributed by atoms with Crippen molar-refractivity contribution in [3.8, 4) is 11.8 Å². The molecule has 0 aliphatic carbocycles. The van der Waals surface area contributed by atoms with E-state index < -0.39 is 0 Å². The molecule has 0 aromatic carbocycles. The molecule has 1 aromatic rings. The average Bonchev–Trinajstić information content (AvgIpc) is 2.43. The number of nitrogens with zero attached hydrogens (tertiary/aromatic N) is 1. The van der Waals surface area contributed by atoms with Crippen LogP contribution in [0.4, 0.5) is 0 Å². The Bertz CT molecular complexity index is 462. The van der Waals surface area contributed by atoms with Crippen LogP contribution >= 0.6 is 11.8 Å². The number of nitrogens with two attached hydrogens (primary N) is 1. The van der Waals surface area contributed by atoms with E-state index in [9.17, 15) is 4.79 Å². The molecule has 1 aromatic heterocycles. The van der Waals surface area contributed by atoms with E-state index in [4.69, 9.17) is 5.73 Å². The van der Waals surface area contributed by atoms with Crippen molar-refractivity contribution in [3.63, 3.8) is 0 Å². The van der Waals surface area contributed by atoms with E-state index in [1.54, 1.807) is 30.1 Å². The highest BCUT2D eigenvalue weighted by Crippen LogP contribution is 2.03. The first-order valence-corrected chi connectivity index (χ1v) is 7.51. The van der Waals surface area contributed by atoms with Crippen LogP contribution in [-0.2, 0) is 0 Å². The van der Waals surface area contributed by atoms with E-state index in [-0.39, 0.29) is 11.9 Å². The second-order valence-electron chi connectivity index (χ2n) is 4.09. The molecule has 19 heavy (non-hydrogen) atoms. The SMILES string of the molecule is CSCCC(C)NC(=O)c1ccc(C#CCN)cn1. The molecule has 0 bridgehead atoms. The largest absolute Gasteiger partial charge is 0.348 e. The molecule has 1 rings (SSSR count). The normalized spacial score (nSPS) is 11.3. The zero-order valence-electron chi connectivity index (χ0n) is 11.3. The Morgan fingerprint density at radius 3 is 2.95 bits per heavy atom. The Morgan fingerprint density at radius 1 is 1.58 bits per heavy atom. The van der Waals surface area contributed by atoms with Crippen LogP contribution in [0.15, 0.2) is 18.3 Å². The third kappa shape index (κ3) is 5.77. The Balaban J connectivity index is 2.57. The molecule has 0 radical (unpaired) electrons. The molecule has 5 heteroatoms. The summed E-state index contributed by atoms with van der Waals surface area (Å²) in [6, 6.07) is 3.60. The summed E-state index contributed by atoms with van der Waals surface area (Å²) in [5.41, 5.74) is 6.46. The van der Waals surface area contributed by atoms with Crippen LogP contribution in [-0.4, -0.2) is 35.5 Å². The maximum atomic E-state index is 11.9. The van der Waals surface area contributed by atoms with Gasteiger partial charge in [0, 0.05) is 17.8 Å². The van der Waals surface area contributed by atoms with Crippen molar-refractivity contribution >= 4 is 17.7 Å². The monoisotopic (exact) mass is 277 g/mol. The average molecular weight is 277 g/mol. The fraction of sp³-hybridized carbons (Fsp3) is 0.429. The Morgan fingerprint density at radius 2 is 2.37 bits per heavy atom. The minimum atomic E-state index is -0.146. The number of hydrogen-bond acceptors (Lipinski definition) is 4. The zero-order chi connectivity index (χ0) is 14.1. The second-order valence-corrected chi connectivity index (χ2v) is 5.08. The molecule has 0 saturated heterocycles. The standard InChI is InChI=1S/C14H19N3OS/c1-11(7-9-19-2)17-14(18)13-6-5-12(10-16-13)4-3-8-15/h5-6,10-11H,7-9,15H2,1-2H3,(H,17,18). The molecular weight excluding hydrogens is 258 g/mol. The summed E-state index contributed by atoms with van der Waals surface area (Å²) in [5, 5.41) is 2.92. The Hall–Kier alpha value is -1.51. The molecule has 0 fully saturated rings. The zero-order valence-corrected chi connectivity index (χ0v) is 12.1. The number of pyridine rings is 1. The van der Waals surface area contributed by atoms with Gasteiger partial charge in [-0.15, -0.1) is 0 Å². The van der Waals surface area contributed by atoms with Gasteiger partial charge in [0.1, 0.15) is 5.69 Å². The predicted molar refractivity (Wildman–Crippen MR) is 80.1 cm³/mol. The smallest absolute Gasteiger partial charge is 0.270 e. The molecule has 0 saturated carbocycles. The molecule has 0 aliphatic heterocycles. The molecule has 0 spiro atoms. The quantitative estimate of drug-likeness (QED) is 0.795. The van der Waals surface area contributed by atoms with Crippen molar-refractivity contribution in [2.24, 2.45) is 5.73 Å². The van der Waals surface area contributed by atoms with Crippen molar-refractivity contribution in [1.82, 2.24) is 10.3 Å². The number of thioether (sulfide) groups is 1. The summed E-state index contributed by atoms with van der Waals surface area (Å²) in [4.78, 5) is 16.0. The molecule has 1 amide bonds. The van der Waals surface area contributed by atoms with Gasteiger partial charge < -0.3 is 11.1 Å². The summed E-state index contributed by atoms with van der Waals surface area (Å²) >= 11 is 1.77. The van der Waals surface area contributed by atoms with Gasteiger partial charge in [-0.1, -0.05) is 11.8 Å². The van der Waals surface area contributed by atoms with Crippen LogP contribution < -0.4 is 11.1 Å². The summed E-state index contributed by atoms with van der Waals surface area (Å²) in [5.74, 6) is 6.49. The number of rotatable bonds is 5. The highest BCUT2D eigenvalue weighted by Gasteiger charge is 2.10. The van der Waals surface area contributed by atoms with Gasteiger partial charge in [-0.05, 0) is 37.5 Å². The van der Waals surface area contributed by atoms with Gasteiger partial charge in [0.15, 0.2) is 0 Å². The molecule has 1 unspecified atom stereocenters. The van der Waals surface area contributed by atoms with Crippen LogP contribution in [0.5, 0.6) is 0 Å². The summed E-state index contributed by atoms with van der Waals surface area (Å²) in [6.45, 7) is 2.31. The van der Waals surface area contributed by atoms with Crippen molar-refractivity contribution in [1.29, 1.82) is 0 Å². The molecule has 102 valence electrons. The Kier molecular flexibility index (Phi) is 7.01. The van der Waals surface area contributed by atoms with Crippen LogP contribution in [0.25, 0.3) is 0 Å². The molecule has 1 heterocycles. The number of nitrogens with one attached hydrogen (secondary N) is 1. The minimum absolute atomic E-state index is 0.146. The number of carbonyl (C=O) groups excluding carboxylic acids is 1. The van der Waals surface area contributed by atoms with Crippen LogP contribution in [0.3, 0.4) is 0 Å². The fourth-order valence-corrected chi connectivity index (χ4v) is 2.01. The predicted octanol–water partition coefficient (Wildman–Crippen LogP) is 1.26. The fourth-order valence-electron chi connectivity index (χ4n) is 1.42. The maximum Gasteiger partial charge on any atom is 0.270 e. The van der Waals surface area contributed by atoms with Crippen molar-refractivity contribution in [2.75, 3.05) is 18.6 Å². The van der Waals surface area contributed by atoms with E-state index in [0.717, 1.165) is 17.7 Å². The van der Waals surface area contributed by atoms with E-state index in [1.165, 1.54) is 0 Å². The number of amides is 1. The van der Waals surface area contributed by atoms with Crippen molar-refractivity contribution in [2.45, 2.75) is 19.4 Å². The molecule has 0 aliphatic rings. The second kappa shape index (κ2) is 8.57. The van der Waals surface area contributed by atoms with Crippen molar-refractivity contribution < 1.29 is 4.79 Å². The van der Waals surface area contributed by atoms with E-state index in [2.05, 4.69) is 28.4 Å². The van der Waals surface area contributed by atoms with Crippen LogP contribution in [0.1, 0.15) is 29.4 Å². The highest BCUT2D eigenvalue weighted by atomic mass is 32.2. The lowest BCUT2D eigenvalue weighted by atomic mass is 10.2. The van der Waals surface area contributed by atoms with Gasteiger partial charge in [0.2, 0.25) is 0 Å². The molecule has 1 atom stereocenters. The third-order valence-electron chi connectivity index (χ3n) is 2.46. The molecule has 4 nitrogen and oxygen atoms in total. The third-order valence-corrected chi connectivity index (χ3v) is 3.11. The topological polar surface area (TPSA) is 68.0 Å². The molecule has 3 N–H and O–H groups in total. The Labute approximate surface area is 118 Å². The van der Waals surface area contributed by atoms with E-state index >= 15 is 0 Å². The van der Waals surface area contributed by atoms with Gasteiger partial charge in [0.25, 0.3) is 5.91 Å². The number of aromatic nitrogens is 1. The summed E-state index contributed by atoms with van der Waals surface area (Å²) in [7, 11) is 0. The van der Waals surface area contributed by atoms with Crippen molar-refractivity contribution in [3.05, 3.63) is 29.6 Å². The van der Waals surface area contributed by atoms with Gasteiger partial charge in [-0.25, -0.2) is 4.98 Å². The van der Waals surface area contributed by atoms with Gasteiger partial charge in [0.05, 0.1) is 6.54 Å². The van der Waals surface area contributed by atoms with E-state index in [1.807, 2.05) is 6.92 Å². The first-order chi connectivity index (χ1) is 9.17. The van der Waals surface area contributed by atoms with E-state index in [0.29, 0.717) is 12.2 Å². The summed E-state index contributed by atoms with van der Waals surface area (Å²) < 4.78 is 0. The highest BCUT2D eigenvalue weighted by molar-refractivity contribution is 7.98. The van der Waals surface area contributed by atoms with Gasteiger partial charge >= 0.3 is 0 Å². The van der Waals surface area contributed by atoms with Crippen LogP contribution in [0.2, 0.25) is 0 Å². The van der Waals surface area contributed by atoms with Crippen LogP contribution in [0, 0.1) is 11.8 Å². The lowest BCUT2D eigenvalue weighted by molar-refractivity contribution is 0.0934. The minimum Gasteiger partial charge on any atom is -0.348 e. The van der Waals surface area contributed by atoms with Gasteiger partial charge in [-0.3, -0.25) is 4.79 Å². The maximum absolute atomic E-state index is 11.9. The first kappa shape index (κ1) is 15.5. The summed E-state index contributed by atoms with van der Waals surface area (Å²) in [6.07, 6.45) is 4.59. The van der Waals surface area contributed by atoms with Gasteiger partial charge in [-0.2, -0.15) is 11.8 Å².